The van der Waals surface area contributed by atoms with Crippen LogP contribution in [-0.4, -0.2) is 5.91 Å². The molecule has 0 saturated heterocycles. The van der Waals surface area contributed by atoms with Gasteiger partial charge >= 0.3 is 0 Å². The molecule has 0 radical (unpaired) electrons. The molecule has 0 spiro atoms. The van der Waals surface area contributed by atoms with Crippen LogP contribution in [0.15, 0.2) is 18.2 Å². The van der Waals surface area contributed by atoms with Crippen LogP contribution in [0.3, 0.4) is 0 Å². The molecular weight excluding hydrogens is 176 g/mol. The minimum absolute atomic E-state index is 0.212. The Bertz CT molecular complexity index is 374. The maximum atomic E-state index is 10.8. The predicted molar refractivity (Wildman–Crippen MR) is 55.6 cm³/mol. The first-order chi connectivity index (χ1) is 6.65. The van der Waals surface area contributed by atoms with E-state index >= 15 is 0 Å². The Morgan fingerprint density at radius 1 is 1.36 bits per heavy atom. The number of nitrogens with two attached hydrogens (primary N) is 2. The first-order valence-corrected chi connectivity index (χ1v) is 4.80. The van der Waals surface area contributed by atoms with E-state index in [4.69, 9.17) is 11.5 Å². The molecule has 2 rings (SSSR count). The van der Waals surface area contributed by atoms with Crippen molar-refractivity contribution in [1.82, 2.24) is 0 Å². The van der Waals surface area contributed by atoms with Gasteiger partial charge in [0.1, 0.15) is 0 Å². The number of hydrogen-bond acceptors (Lipinski definition) is 2. The lowest BCUT2D eigenvalue weighted by molar-refractivity contribution is -0.118. The van der Waals surface area contributed by atoms with E-state index in [0.29, 0.717) is 12.3 Å². The van der Waals surface area contributed by atoms with E-state index in [1.54, 1.807) is 0 Å². The van der Waals surface area contributed by atoms with Crippen molar-refractivity contribution >= 4 is 11.6 Å². The highest BCUT2D eigenvalue weighted by Crippen LogP contribution is 2.29. The van der Waals surface area contributed by atoms with Crippen molar-refractivity contribution < 1.29 is 4.79 Å². The van der Waals surface area contributed by atoms with Gasteiger partial charge in [-0.3, -0.25) is 4.79 Å². The summed E-state index contributed by atoms with van der Waals surface area (Å²) in [6.45, 7) is 0. The second-order valence-electron chi connectivity index (χ2n) is 3.97. The van der Waals surface area contributed by atoms with Crippen molar-refractivity contribution in [2.24, 2.45) is 11.7 Å². The molecule has 0 bridgehead atoms. The fourth-order valence-electron chi connectivity index (χ4n) is 2.16. The average Bonchev–Trinajstić information content (AvgIpc) is 2.44. The van der Waals surface area contributed by atoms with Crippen LogP contribution in [0.1, 0.15) is 17.5 Å². The van der Waals surface area contributed by atoms with Crippen LogP contribution in [-0.2, 0) is 17.6 Å². The van der Waals surface area contributed by atoms with Gasteiger partial charge in [0.2, 0.25) is 5.91 Å². The number of rotatable bonds is 2. The van der Waals surface area contributed by atoms with Crippen LogP contribution in [0.4, 0.5) is 5.69 Å². The smallest absolute Gasteiger partial charge is 0.217 e. The Balaban J connectivity index is 2.14. The molecule has 3 nitrogen and oxygen atoms in total. The van der Waals surface area contributed by atoms with Crippen LogP contribution in [0.25, 0.3) is 0 Å². The summed E-state index contributed by atoms with van der Waals surface area (Å²) in [7, 11) is 0. The molecular formula is C11H14N2O. The standard InChI is InChI=1S/C11H14N2O/c12-10-2-1-8-3-7(5-11(13)14)4-9(8)6-10/h1-2,6-7H,3-5,12H2,(H2,13,14). The molecule has 0 aliphatic heterocycles. The Kier molecular flexibility index (Phi) is 2.15. The molecule has 1 aromatic carbocycles. The first kappa shape index (κ1) is 9.06. The monoisotopic (exact) mass is 190 g/mol. The lowest BCUT2D eigenvalue weighted by Gasteiger charge is -2.03. The number of benzene rings is 1. The topological polar surface area (TPSA) is 69.1 Å². The number of nitrogen functional groups attached to an aromatic ring is 1. The Morgan fingerprint density at radius 2 is 2.07 bits per heavy atom. The molecule has 1 aromatic rings. The largest absolute Gasteiger partial charge is 0.399 e. The lowest BCUT2D eigenvalue weighted by Crippen LogP contribution is -2.16. The van der Waals surface area contributed by atoms with E-state index in [1.807, 2.05) is 18.2 Å². The first-order valence-electron chi connectivity index (χ1n) is 4.80. The van der Waals surface area contributed by atoms with Gasteiger partial charge in [0.05, 0.1) is 0 Å². The van der Waals surface area contributed by atoms with Gasteiger partial charge in [-0.1, -0.05) is 6.07 Å². The van der Waals surface area contributed by atoms with Crippen LogP contribution < -0.4 is 11.5 Å². The summed E-state index contributed by atoms with van der Waals surface area (Å²) in [6.07, 6.45) is 2.37. The number of primary amides is 1. The van der Waals surface area contributed by atoms with Gasteiger partial charge in [-0.05, 0) is 42.0 Å². The molecule has 1 atom stereocenters. The molecule has 1 unspecified atom stereocenters. The molecule has 14 heavy (non-hydrogen) atoms. The Morgan fingerprint density at radius 3 is 2.79 bits per heavy atom. The van der Waals surface area contributed by atoms with Gasteiger partial charge in [0.15, 0.2) is 0 Å². The van der Waals surface area contributed by atoms with E-state index in [2.05, 4.69) is 0 Å². The van der Waals surface area contributed by atoms with Crippen molar-refractivity contribution in [2.75, 3.05) is 5.73 Å². The van der Waals surface area contributed by atoms with Gasteiger partial charge < -0.3 is 11.5 Å². The molecule has 1 amide bonds. The van der Waals surface area contributed by atoms with E-state index < -0.39 is 0 Å². The average molecular weight is 190 g/mol. The predicted octanol–water partition coefficient (Wildman–Crippen LogP) is 0.859. The van der Waals surface area contributed by atoms with Crippen molar-refractivity contribution in [3.05, 3.63) is 29.3 Å². The normalized spacial score (nSPS) is 19.3. The minimum Gasteiger partial charge on any atom is -0.399 e. The molecule has 0 aromatic heterocycles. The third-order valence-electron chi connectivity index (χ3n) is 2.74. The van der Waals surface area contributed by atoms with Crippen molar-refractivity contribution in [3.63, 3.8) is 0 Å². The van der Waals surface area contributed by atoms with Crippen molar-refractivity contribution in [3.8, 4) is 0 Å². The maximum absolute atomic E-state index is 10.8. The summed E-state index contributed by atoms with van der Waals surface area (Å²) in [4.78, 5) is 10.8. The summed E-state index contributed by atoms with van der Waals surface area (Å²) in [6, 6.07) is 5.95. The second-order valence-corrected chi connectivity index (χ2v) is 3.97. The Hall–Kier alpha value is -1.51. The number of hydrogen-bond donors (Lipinski definition) is 2. The second kappa shape index (κ2) is 3.33. The zero-order chi connectivity index (χ0) is 10.1. The van der Waals surface area contributed by atoms with Gasteiger partial charge in [0.25, 0.3) is 0 Å². The third kappa shape index (κ3) is 1.71. The highest BCUT2D eigenvalue weighted by atomic mass is 16.1. The zero-order valence-corrected chi connectivity index (χ0v) is 7.99. The molecule has 1 aliphatic carbocycles. The SMILES string of the molecule is NC(=O)CC1Cc2ccc(N)cc2C1. The number of fused-ring (bicyclic) bond motifs is 1. The summed E-state index contributed by atoms with van der Waals surface area (Å²) in [5, 5.41) is 0. The fraction of sp³-hybridized carbons (Fsp3) is 0.364. The van der Waals surface area contributed by atoms with Gasteiger partial charge in [-0.25, -0.2) is 0 Å². The molecule has 0 fully saturated rings. The van der Waals surface area contributed by atoms with E-state index in [-0.39, 0.29) is 5.91 Å². The quantitative estimate of drug-likeness (QED) is 0.679. The number of amides is 1. The molecule has 1 aliphatic rings. The maximum Gasteiger partial charge on any atom is 0.217 e. The van der Waals surface area contributed by atoms with E-state index in [9.17, 15) is 4.79 Å². The molecule has 0 saturated carbocycles. The number of anilines is 1. The summed E-state index contributed by atoms with van der Waals surface area (Å²) >= 11 is 0. The molecule has 3 heteroatoms. The molecule has 0 heterocycles. The van der Waals surface area contributed by atoms with E-state index in [0.717, 1.165) is 18.5 Å². The minimum atomic E-state index is -0.212. The van der Waals surface area contributed by atoms with Gasteiger partial charge in [-0.15, -0.1) is 0 Å². The number of carbonyl (C=O) groups excluding carboxylic acids is 1. The van der Waals surface area contributed by atoms with E-state index in [1.165, 1.54) is 11.1 Å². The lowest BCUT2D eigenvalue weighted by atomic mass is 10.0. The number of carbonyl (C=O) groups is 1. The summed E-state index contributed by atoms with van der Waals surface area (Å²) in [5.74, 6) is 0.167. The zero-order valence-electron chi connectivity index (χ0n) is 7.99. The Labute approximate surface area is 83.1 Å². The summed E-state index contributed by atoms with van der Waals surface area (Å²) in [5.41, 5.74) is 14.2. The molecule has 4 N–H and O–H groups in total. The fourth-order valence-corrected chi connectivity index (χ4v) is 2.16. The summed E-state index contributed by atoms with van der Waals surface area (Å²) < 4.78 is 0. The van der Waals surface area contributed by atoms with Crippen LogP contribution in [0, 0.1) is 5.92 Å². The van der Waals surface area contributed by atoms with Crippen LogP contribution in [0.5, 0.6) is 0 Å². The van der Waals surface area contributed by atoms with Gasteiger partial charge in [0, 0.05) is 12.1 Å². The van der Waals surface area contributed by atoms with Crippen LogP contribution >= 0.6 is 0 Å². The third-order valence-corrected chi connectivity index (χ3v) is 2.74. The highest BCUT2D eigenvalue weighted by molar-refractivity contribution is 5.74. The van der Waals surface area contributed by atoms with Crippen molar-refractivity contribution in [2.45, 2.75) is 19.3 Å². The highest BCUT2D eigenvalue weighted by Gasteiger charge is 2.22. The van der Waals surface area contributed by atoms with Crippen molar-refractivity contribution in [1.29, 1.82) is 0 Å². The molecule has 74 valence electrons. The van der Waals surface area contributed by atoms with Crippen LogP contribution in [0.2, 0.25) is 0 Å². The van der Waals surface area contributed by atoms with Gasteiger partial charge in [-0.2, -0.15) is 0 Å².